The van der Waals surface area contributed by atoms with Crippen LogP contribution in [-0.4, -0.2) is 23.8 Å². The second-order valence-electron chi connectivity index (χ2n) is 6.82. The average molecular weight is 389 g/mol. The highest BCUT2D eigenvalue weighted by Crippen LogP contribution is 2.39. The van der Waals surface area contributed by atoms with Crippen LogP contribution in [0.3, 0.4) is 0 Å². The van der Waals surface area contributed by atoms with Crippen LogP contribution >= 0.6 is 23.2 Å². The average Bonchev–Trinajstić information content (AvgIpc) is 3.10. The molecule has 0 amide bonds. The Hall–Kier alpha value is -1.68. The van der Waals surface area contributed by atoms with Crippen molar-refractivity contribution < 1.29 is 14.3 Å². The van der Waals surface area contributed by atoms with Gasteiger partial charge in [-0.15, -0.1) is 0 Å². The summed E-state index contributed by atoms with van der Waals surface area (Å²) in [6.07, 6.45) is 1.14. The van der Waals surface area contributed by atoms with E-state index in [2.05, 4.69) is 0 Å². The molecule has 2 aromatic carbocycles. The third-order valence-electron chi connectivity index (χ3n) is 5.31. The van der Waals surface area contributed by atoms with Gasteiger partial charge in [0.1, 0.15) is 18.1 Å². The summed E-state index contributed by atoms with van der Waals surface area (Å²) in [4.78, 5) is 25.6. The minimum atomic E-state index is -0.723. The molecule has 134 valence electrons. The van der Waals surface area contributed by atoms with Gasteiger partial charge >= 0.3 is 0 Å². The molecule has 2 saturated heterocycles. The third kappa shape index (κ3) is 2.88. The van der Waals surface area contributed by atoms with Gasteiger partial charge in [0.2, 0.25) is 0 Å². The first-order valence-electron chi connectivity index (χ1n) is 8.80. The van der Waals surface area contributed by atoms with Crippen LogP contribution in [0.15, 0.2) is 36.4 Å². The molecule has 0 spiro atoms. The number of ether oxygens (including phenoxy) is 1. The fraction of sp³-hybridized carbons (Fsp3) is 0.333. The quantitative estimate of drug-likeness (QED) is 0.694. The van der Waals surface area contributed by atoms with E-state index in [0.717, 1.165) is 28.7 Å². The minimum absolute atomic E-state index is 0.107. The number of carbonyl (C=O) groups is 2. The monoisotopic (exact) mass is 388 g/mol. The fourth-order valence-corrected chi connectivity index (χ4v) is 4.21. The first-order valence-corrected chi connectivity index (χ1v) is 9.56. The first-order chi connectivity index (χ1) is 12.5. The molecule has 26 heavy (non-hydrogen) atoms. The van der Waals surface area contributed by atoms with Gasteiger partial charge in [-0.2, -0.15) is 0 Å². The van der Waals surface area contributed by atoms with Gasteiger partial charge < -0.3 is 4.74 Å². The standard InChI is InChI=1S/C21H18Cl2O3/c1-2-11-3-4-12(13-5-6-15(22)16(23)10-13)9-14(11)19-20(24)17-7-8-18(26-17)21(19)25/h3-6,9-10,17-19H,2,7-8H2,1H3/t17-,18+,19?. The van der Waals surface area contributed by atoms with Crippen molar-refractivity contribution in [3.63, 3.8) is 0 Å². The Balaban J connectivity index is 1.81. The summed E-state index contributed by atoms with van der Waals surface area (Å²) in [5, 5.41) is 0.966. The Kier molecular flexibility index (Phi) is 4.64. The van der Waals surface area contributed by atoms with Gasteiger partial charge in [-0.05, 0) is 59.7 Å². The fourth-order valence-electron chi connectivity index (χ4n) is 3.92. The van der Waals surface area contributed by atoms with Crippen molar-refractivity contribution in [1.29, 1.82) is 0 Å². The molecular formula is C21H18Cl2O3. The summed E-state index contributed by atoms with van der Waals surface area (Å²) in [6.45, 7) is 2.03. The molecule has 2 heterocycles. The number of aryl methyl sites for hydroxylation is 1. The van der Waals surface area contributed by atoms with Crippen molar-refractivity contribution in [3.05, 3.63) is 57.6 Å². The summed E-state index contributed by atoms with van der Waals surface area (Å²) < 4.78 is 5.56. The molecule has 3 nitrogen and oxygen atoms in total. The highest BCUT2D eigenvalue weighted by molar-refractivity contribution is 6.42. The Morgan fingerprint density at radius 3 is 2.15 bits per heavy atom. The molecule has 5 heteroatoms. The lowest BCUT2D eigenvalue weighted by atomic mass is 9.82. The second-order valence-corrected chi connectivity index (χ2v) is 7.64. The van der Waals surface area contributed by atoms with E-state index >= 15 is 0 Å². The molecule has 1 unspecified atom stereocenters. The molecule has 0 aromatic heterocycles. The summed E-state index contributed by atoms with van der Waals surface area (Å²) in [5.74, 6) is -0.937. The van der Waals surface area contributed by atoms with Gasteiger partial charge in [0.05, 0.1) is 10.0 Å². The molecule has 0 N–H and O–H groups in total. The van der Waals surface area contributed by atoms with Crippen LogP contribution in [0.5, 0.6) is 0 Å². The Morgan fingerprint density at radius 2 is 1.54 bits per heavy atom. The SMILES string of the molecule is CCc1ccc(-c2ccc(Cl)c(Cl)c2)cc1C1C(=O)[C@@H]2CC[C@@H](O2)C1=O. The lowest BCUT2D eigenvalue weighted by Crippen LogP contribution is -2.42. The van der Waals surface area contributed by atoms with E-state index in [4.69, 9.17) is 27.9 Å². The number of hydrogen-bond donors (Lipinski definition) is 0. The van der Waals surface area contributed by atoms with Gasteiger partial charge in [0.15, 0.2) is 11.6 Å². The molecular weight excluding hydrogens is 371 g/mol. The van der Waals surface area contributed by atoms with Crippen LogP contribution in [0.4, 0.5) is 0 Å². The molecule has 2 aromatic rings. The highest BCUT2D eigenvalue weighted by Gasteiger charge is 2.49. The summed E-state index contributed by atoms with van der Waals surface area (Å²) in [6, 6.07) is 11.4. The van der Waals surface area contributed by atoms with E-state index in [-0.39, 0.29) is 11.6 Å². The Morgan fingerprint density at radius 1 is 0.923 bits per heavy atom. The molecule has 4 rings (SSSR count). The van der Waals surface area contributed by atoms with E-state index in [1.165, 1.54) is 0 Å². The third-order valence-corrected chi connectivity index (χ3v) is 6.05. The number of rotatable bonds is 3. The molecule has 0 aliphatic carbocycles. The molecule has 0 radical (unpaired) electrons. The van der Waals surface area contributed by atoms with Crippen LogP contribution in [0.25, 0.3) is 11.1 Å². The zero-order valence-corrected chi connectivity index (χ0v) is 15.8. The maximum Gasteiger partial charge on any atom is 0.176 e. The van der Waals surface area contributed by atoms with Crippen molar-refractivity contribution >= 4 is 34.8 Å². The maximum atomic E-state index is 12.8. The smallest absolute Gasteiger partial charge is 0.176 e. The summed E-state index contributed by atoms with van der Waals surface area (Å²) >= 11 is 12.2. The van der Waals surface area contributed by atoms with Crippen LogP contribution < -0.4 is 0 Å². The van der Waals surface area contributed by atoms with E-state index in [0.29, 0.717) is 22.9 Å². The Bertz CT molecular complexity index is 884. The van der Waals surface area contributed by atoms with Gasteiger partial charge in [-0.1, -0.05) is 48.3 Å². The number of benzene rings is 2. The number of carbonyl (C=O) groups excluding carboxylic acids is 2. The lowest BCUT2D eigenvalue weighted by Gasteiger charge is -2.27. The highest BCUT2D eigenvalue weighted by atomic mass is 35.5. The second kappa shape index (κ2) is 6.80. The Labute approximate surface area is 162 Å². The molecule has 2 aliphatic heterocycles. The normalized spacial score (nSPS) is 25.0. The first kappa shape index (κ1) is 17.7. The van der Waals surface area contributed by atoms with Gasteiger partial charge in [0.25, 0.3) is 0 Å². The number of ketones is 2. The predicted molar refractivity (Wildman–Crippen MR) is 102 cm³/mol. The van der Waals surface area contributed by atoms with Crippen LogP contribution in [0.2, 0.25) is 10.0 Å². The van der Waals surface area contributed by atoms with Gasteiger partial charge in [-0.25, -0.2) is 0 Å². The van der Waals surface area contributed by atoms with Crippen LogP contribution in [-0.2, 0) is 20.7 Å². The van der Waals surface area contributed by atoms with Crippen molar-refractivity contribution in [2.75, 3.05) is 0 Å². The number of fused-ring (bicyclic) bond motifs is 2. The number of Topliss-reactive ketones (excluding diaryl/α,β-unsaturated/α-hetero) is 2. The van der Waals surface area contributed by atoms with E-state index in [9.17, 15) is 9.59 Å². The van der Waals surface area contributed by atoms with Gasteiger partial charge in [-0.3, -0.25) is 9.59 Å². The van der Waals surface area contributed by atoms with Crippen molar-refractivity contribution in [2.45, 2.75) is 44.3 Å². The van der Waals surface area contributed by atoms with Crippen molar-refractivity contribution in [2.24, 2.45) is 0 Å². The van der Waals surface area contributed by atoms with Crippen molar-refractivity contribution in [3.8, 4) is 11.1 Å². The molecule has 2 bridgehead atoms. The lowest BCUT2D eigenvalue weighted by molar-refractivity contribution is -0.150. The van der Waals surface area contributed by atoms with E-state index in [1.54, 1.807) is 12.1 Å². The number of halogens is 2. The summed E-state index contributed by atoms with van der Waals surface area (Å²) in [7, 11) is 0. The van der Waals surface area contributed by atoms with E-state index in [1.807, 2.05) is 31.2 Å². The maximum absolute atomic E-state index is 12.8. The molecule has 3 atom stereocenters. The van der Waals surface area contributed by atoms with Crippen LogP contribution in [0.1, 0.15) is 36.8 Å². The molecule has 0 saturated carbocycles. The predicted octanol–water partition coefficient (Wildman–Crippen LogP) is 5.01. The topological polar surface area (TPSA) is 43.4 Å². The van der Waals surface area contributed by atoms with Crippen molar-refractivity contribution in [1.82, 2.24) is 0 Å². The zero-order chi connectivity index (χ0) is 18.4. The number of hydrogen-bond acceptors (Lipinski definition) is 3. The summed E-state index contributed by atoms with van der Waals surface area (Å²) in [5.41, 5.74) is 3.63. The van der Waals surface area contributed by atoms with Crippen LogP contribution in [0, 0.1) is 0 Å². The minimum Gasteiger partial charge on any atom is -0.359 e. The molecule has 2 fully saturated rings. The largest absolute Gasteiger partial charge is 0.359 e. The zero-order valence-electron chi connectivity index (χ0n) is 14.3. The van der Waals surface area contributed by atoms with Gasteiger partial charge in [0, 0.05) is 0 Å². The van der Waals surface area contributed by atoms with E-state index < -0.39 is 18.1 Å². The molecule has 2 aliphatic rings.